The summed E-state index contributed by atoms with van der Waals surface area (Å²) < 4.78 is 38.9. The van der Waals surface area contributed by atoms with E-state index in [2.05, 4.69) is 5.32 Å². The predicted octanol–water partition coefficient (Wildman–Crippen LogP) is 2.90. The van der Waals surface area contributed by atoms with Gasteiger partial charge in [0.1, 0.15) is 5.00 Å². The monoisotopic (exact) mass is 328 g/mol. The van der Waals surface area contributed by atoms with Crippen molar-refractivity contribution in [1.82, 2.24) is 0 Å². The summed E-state index contributed by atoms with van der Waals surface area (Å²) in [5.74, 6) is -1.33. The van der Waals surface area contributed by atoms with Crippen LogP contribution in [0.1, 0.15) is 21.5 Å². The summed E-state index contributed by atoms with van der Waals surface area (Å²) in [5, 5.41) is 4.09. The topological polar surface area (TPSA) is 72.2 Å². The number of hydrogen-bond donors (Lipinski definition) is 2. The summed E-state index contributed by atoms with van der Waals surface area (Å²) in [6.07, 6.45) is -4.64. The third kappa shape index (κ3) is 3.34. The van der Waals surface area contributed by atoms with Crippen LogP contribution in [0.5, 0.6) is 0 Å². The van der Waals surface area contributed by atoms with Crippen molar-refractivity contribution in [1.29, 1.82) is 0 Å². The molecule has 0 bridgehead atoms. The van der Waals surface area contributed by atoms with E-state index in [1.807, 2.05) is 0 Å². The fourth-order valence-electron chi connectivity index (χ4n) is 1.84. The first kappa shape index (κ1) is 16.2. The highest BCUT2D eigenvalue weighted by Crippen LogP contribution is 2.34. The van der Waals surface area contributed by atoms with Crippen LogP contribution in [-0.2, 0) is 11.0 Å². The van der Waals surface area contributed by atoms with Gasteiger partial charge in [0.25, 0.3) is 0 Å². The van der Waals surface area contributed by atoms with E-state index in [1.54, 1.807) is 0 Å². The molecule has 1 heterocycles. The SMILES string of the molecule is NCC(=O)Nc1sccc1C(=O)c1ccccc1C(F)(F)F. The quantitative estimate of drug-likeness (QED) is 0.848. The molecule has 0 aliphatic rings. The molecule has 0 saturated carbocycles. The summed E-state index contributed by atoms with van der Waals surface area (Å²) >= 11 is 1.04. The Morgan fingerprint density at radius 1 is 1.14 bits per heavy atom. The molecule has 1 aromatic heterocycles. The molecule has 0 fully saturated rings. The second-order valence-corrected chi connectivity index (χ2v) is 5.20. The predicted molar refractivity (Wildman–Crippen MR) is 76.9 cm³/mol. The number of carbonyl (C=O) groups excluding carboxylic acids is 2. The number of carbonyl (C=O) groups is 2. The molecule has 8 heteroatoms. The highest BCUT2D eigenvalue weighted by atomic mass is 32.1. The summed E-state index contributed by atoms with van der Waals surface area (Å²) in [7, 11) is 0. The zero-order chi connectivity index (χ0) is 16.3. The molecule has 0 radical (unpaired) electrons. The van der Waals surface area contributed by atoms with Gasteiger partial charge in [-0.25, -0.2) is 0 Å². The molecule has 22 heavy (non-hydrogen) atoms. The highest BCUT2D eigenvalue weighted by molar-refractivity contribution is 7.14. The minimum absolute atomic E-state index is 0.00324. The zero-order valence-corrected chi connectivity index (χ0v) is 11.9. The van der Waals surface area contributed by atoms with Gasteiger partial charge in [-0.1, -0.05) is 18.2 Å². The maximum atomic E-state index is 13.0. The normalized spacial score (nSPS) is 11.3. The highest BCUT2D eigenvalue weighted by Gasteiger charge is 2.35. The second kappa shape index (κ2) is 6.29. The molecule has 0 atom stereocenters. The summed E-state index contributed by atoms with van der Waals surface area (Å²) in [6.45, 7) is -0.287. The number of benzene rings is 1. The van der Waals surface area contributed by atoms with Crippen molar-refractivity contribution in [3.63, 3.8) is 0 Å². The Balaban J connectivity index is 2.42. The number of ketones is 1. The number of hydrogen-bond acceptors (Lipinski definition) is 4. The van der Waals surface area contributed by atoms with Gasteiger partial charge in [-0.05, 0) is 17.5 Å². The van der Waals surface area contributed by atoms with E-state index in [9.17, 15) is 22.8 Å². The van der Waals surface area contributed by atoms with E-state index in [4.69, 9.17) is 5.73 Å². The number of nitrogens with one attached hydrogen (secondary N) is 1. The fourth-order valence-corrected chi connectivity index (χ4v) is 2.64. The van der Waals surface area contributed by atoms with Gasteiger partial charge in [0, 0.05) is 5.56 Å². The third-order valence-electron chi connectivity index (χ3n) is 2.83. The lowest BCUT2D eigenvalue weighted by Crippen LogP contribution is -2.22. The van der Waals surface area contributed by atoms with E-state index in [-0.39, 0.29) is 17.1 Å². The zero-order valence-electron chi connectivity index (χ0n) is 11.1. The first-order chi connectivity index (χ1) is 10.3. The van der Waals surface area contributed by atoms with Gasteiger partial charge in [-0.15, -0.1) is 11.3 Å². The van der Waals surface area contributed by atoms with Crippen LogP contribution in [0.15, 0.2) is 35.7 Å². The Morgan fingerprint density at radius 3 is 2.45 bits per heavy atom. The van der Waals surface area contributed by atoms with E-state index >= 15 is 0 Å². The molecule has 3 N–H and O–H groups in total. The Bertz CT molecular complexity index is 710. The molecule has 0 unspecified atom stereocenters. The third-order valence-corrected chi connectivity index (χ3v) is 3.66. The van der Waals surface area contributed by atoms with Crippen molar-refractivity contribution < 1.29 is 22.8 Å². The summed E-state index contributed by atoms with van der Waals surface area (Å²) in [6, 6.07) is 5.89. The van der Waals surface area contributed by atoms with Crippen LogP contribution in [0.4, 0.5) is 18.2 Å². The molecule has 0 spiro atoms. The molecule has 2 rings (SSSR count). The molecule has 0 aliphatic heterocycles. The van der Waals surface area contributed by atoms with Crippen LogP contribution in [0.25, 0.3) is 0 Å². The van der Waals surface area contributed by atoms with Crippen LogP contribution < -0.4 is 11.1 Å². The van der Waals surface area contributed by atoms with Gasteiger partial charge in [-0.2, -0.15) is 13.2 Å². The number of rotatable bonds is 4. The fraction of sp³-hybridized carbons (Fsp3) is 0.143. The standard InChI is InChI=1S/C14H11F3N2O2S/c15-14(16,17)10-4-2-1-3-8(10)12(21)9-5-6-22-13(9)19-11(20)7-18/h1-6H,7,18H2,(H,19,20). The minimum Gasteiger partial charge on any atom is -0.322 e. The molecule has 0 aliphatic carbocycles. The van der Waals surface area contributed by atoms with Crippen LogP contribution in [0.2, 0.25) is 0 Å². The van der Waals surface area contributed by atoms with E-state index in [0.29, 0.717) is 0 Å². The molecule has 2 aromatic rings. The Hall–Kier alpha value is -2.19. The van der Waals surface area contributed by atoms with E-state index in [0.717, 1.165) is 23.5 Å². The number of halogens is 3. The lowest BCUT2D eigenvalue weighted by molar-refractivity contribution is -0.137. The Morgan fingerprint density at radius 2 is 1.82 bits per heavy atom. The molecular formula is C14H11F3N2O2S. The largest absolute Gasteiger partial charge is 0.417 e. The number of anilines is 1. The van der Waals surface area contributed by atoms with Crippen molar-refractivity contribution in [2.45, 2.75) is 6.18 Å². The lowest BCUT2D eigenvalue weighted by atomic mass is 9.99. The molecule has 4 nitrogen and oxygen atoms in total. The number of thiophene rings is 1. The molecule has 0 saturated heterocycles. The first-order valence-corrected chi connectivity index (χ1v) is 7.01. The Kier molecular flexibility index (Phi) is 4.62. The van der Waals surface area contributed by atoms with Crippen molar-refractivity contribution in [2.24, 2.45) is 5.73 Å². The van der Waals surface area contributed by atoms with Gasteiger partial charge in [0.2, 0.25) is 5.91 Å². The molecule has 1 aromatic carbocycles. The van der Waals surface area contributed by atoms with Crippen molar-refractivity contribution in [3.8, 4) is 0 Å². The average Bonchev–Trinajstić information content (AvgIpc) is 2.93. The molecule has 1 amide bonds. The van der Waals surface area contributed by atoms with Crippen LogP contribution in [0.3, 0.4) is 0 Å². The average molecular weight is 328 g/mol. The first-order valence-electron chi connectivity index (χ1n) is 6.13. The van der Waals surface area contributed by atoms with Crippen molar-refractivity contribution in [2.75, 3.05) is 11.9 Å². The number of amides is 1. The number of nitrogens with two attached hydrogens (primary N) is 1. The maximum Gasteiger partial charge on any atom is 0.417 e. The van der Waals surface area contributed by atoms with Gasteiger partial charge < -0.3 is 11.1 Å². The second-order valence-electron chi connectivity index (χ2n) is 4.29. The van der Waals surface area contributed by atoms with Crippen molar-refractivity contribution in [3.05, 3.63) is 52.4 Å². The van der Waals surface area contributed by atoms with Gasteiger partial charge in [0.15, 0.2) is 5.78 Å². The van der Waals surface area contributed by atoms with Gasteiger partial charge >= 0.3 is 6.18 Å². The number of alkyl halides is 3. The smallest absolute Gasteiger partial charge is 0.322 e. The van der Waals surface area contributed by atoms with Gasteiger partial charge in [-0.3, -0.25) is 9.59 Å². The lowest BCUT2D eigenvalue weighted by Gasteiger charge is -2.12. The molecular weight excluding hydrogens is 317 g/mol. The van der Waals surface area contributed by atoms with Gasteiger partial charge in [0.05, 0.1) is 17.7 Å². The maximum absolute atomic E-state index is 13.0. The Labute approximate surface area is 127 Å². The minimum atomic E-state index is -4.64. The summed E-state index contributed by atoms with van der Waals surface area (Å²) in [5.41, 5.74) is 3.70. The van der Waals surface area contributed by atoms with Crippen LogP contribution in [0, 0.1) is 0 Å². The van der Waals surface area contributed by atoms with Crippen molar-refractivity contribution >= 4 is 28.0 Å². The van der Waals surface area contributed by atoms with Crippen LogP contribution in [-0.4, -0.2) is 18.2 Å². The van der Waals surface area contributed by atoms with E-state index < -0.39 is 29.0 Å². The summed E-state index contributed by atoms with van der Waals surface area (Å²) in [4.78, 5) is 23.7. The van der Waals surface area contributed by atoms with E-state index in [1.165, 1.54) is 23.6 Å². The molecule has 116 valence electrons. The van der Waals surface area contributed by atoms with Crippen LogP contribution >= 0.6 is 11.3 Å².